The fourth-order valence-corrected chi connectivity index (χ4v) is 2.99. The molecule has 2 N–H and O–H groups in total. The highest BCUT2D eigenvalue weighted by Gasteiger charge is 2.34. The summed E-state index contributed by atoms with van der Waals surface area (Å²) >= 11 is 0. The van der Waals surface area contributed by atoms with Gasteiger partial charge in [0.15, 0.2) is 0 Å². The molecule has 2 heterocycles. The molecule has 4 heteroatoms. The fraction of sp³-hybridized carbons (Fsp3) is 0.625. The van der Waals surface area contributed by atoms with Crippen LogP contribution in [0, 0.1) is 5.41 Å². The van der Waals surface area contributed by atoms with Crippen molar-refractivity contribution in [1.29, 1.82) is 0 Å². The molecule has 0 amide bonds. The van der Waals surface area contributed by atoms with Crippen molar-refractivity contribution in [2.75, 3.05) is 36.9 Å². The van der Waals surface area contributed by atoms with Gasteiger partial charge in [-0.15, -0.1) is 0 Å². The predicted molar refractivity (Wildman–Crippen MR) is 81.7 cm³/mol. The maximum Gasteiger partial charge on any atom is 0.144 e. The molecule has 0 bridgehead atoms. The zero-order valence-electron chi connectivity index (χ0n) is 12.4. The molecule has 0 aromatic heterocycles. The molecule has 110 valence electrons. The van der Waals surface area contributed by atoms with E-state index in [0.717, 1.165) is 56.3 Å². The number of nitrogens with one attached hydrogen (secondary N) is 2. The van der Waals surface area contributed by atoms with Crippen LogP contribution in [0.15, 0.2) is 18.2 Å². The smallest absolute Gasteiger partial charge is 0.144 e. The largest absolute Gasteiger partial charge is 0.489 e. The van der Waals surface area contributed by atoms with E-state index in [1.807, 2.05) is 12.1 Å². The van der Waals surface area contributed by atoms with Gasteiger partial charge >= 0.3 is 0 Å². The molecular weight excluding hydrogens is 252 g/mol. The molecule has 2 aliphatic heterocycles. The molecule has 0 saturated carbocycles. The summed E-state index contributed by atoms with van der Waals surface area (Å²) < 4.78 is 11.4. The highest BCUT2D eigenvalue weighted by molar-refractivity contribution is 5.76. The molecule has 1 aromatic carbocycles. The highest BCUT2D eigenvalue weighted by Crippen LogP contribution is 2.40. The van der Waals surface area contributed by atoms with Crippen molar-refractivity contribution in [2.45, 2.75) is 32.8 Å². The summed E-state index contributed by atoms with van der Waals surface area (Å²) in [4.78, 5) is 0. The lowest BCUT2D eigenvalue weighted by atomic mass is 9.80. The van der Waals surface area contributed by atoms with Gasteiger partial charge in [0.1, 0.15) is 11.4 Å². The third kappa shape index (κ3) is 2.70. The third-order valence-corrected chi connectivity index (χ3v) is 4.24. The molecule has 0 aliphatic carbocycles. The second-order valence-corrected chi connectivity index (χ2v) is 6.16. The minimum atomic E-state index is 0.184. The first-order chi connectivity index (χ1) is 9.69. The molecule has 3 rings (SSSR count). The third-order valence-electron chi connectivity index (χ3n) is 4.24. The van der Waals surface area contributed by atoms with Crippen LogP contribution in [0.1, 0.15) is 26.7 Å². The normalized spacial score (nSPS) is 20.8. The highest BCUT2D eigenvalue weighted by atomic mass is 16.5. The summed E-state index contributed by atoms with van der Waals surface area (Å²) in [5, 5.41) is 7.22. The molecule has 1 saturated heterocycles. The van der Waals surface area contributed by atoms with Crippen LogP contribution in [0.2, 0.25) is 0 Å². The van der Waals surface area contributed by atoms with Gasteiger partial charge in [-0.05, 0) is 38.8 Å². The Balaban J connectivity index is 1.82. The van der Waals surface area contributed by atoms with Crippen molar-refractivity contribution in [3.8, 4) is 5.75 Å². The van der Waals surface area contributed by atoms with Crippen LogP contribution >= 0.6 is 0 Å². The number of hydrogen-bond donors (Lipinski definition) is 2. The van der Waals surface area contributed by atoms with Crippen molar-refractivity contribution in [2.24, 2.45) is 5.41 Å². The van der Waals surface area contributed by atoms with Crippen LogP contribution < -0.4 is 15.4 Å². The Morgan fingerprint density at radius 3 is 2.65 bits per heavy atom. The fourth-order valence-electron chi connectivity index (χ4n) is 2.99. The minimum absolute atomic E-state index is 0.184. The van der Waals surface area contributed by atoms with E-state index < -0.39 is 0 Å². The average molecular weight is 276 g/mol. The Hall–Kier alpha value is -1.42. The SMILES string of the molecule is CC(C)Oc1cccc2c1NCC1(CCOCC1)CN2. The first-order valence-electron chi connectivity index (χ1n) is 7.54. The van der Waals surface area contributed by atoms with Crippen LogP contribution in [0.25, 0.3) is 0 Å². The van der Waals surface area contributed by atoms with Crippen LogP contribution in [-0.2, 0) is 4.74 Å². The maximum atomic E-state index is 5.92. The van der Waals surface area contributed by atoms with Crippen molar-refractivity contribution >= 4 is 11.4 Å². The molecule has 0 atom stereocenters. The van der Waals surface area contributed by atoms with E-state index in [1.165, 1.54) is 0 Å². The van der Waals surface area contributed by atoms with Gasteiger partial charge in [0.05, 0.1) is 11.8 Å². The number of hydrogen-bond acceptors (Lipinski definition) is 4. The molecule has 1 spiro atoms. The van der Waals surface area contributed by atoms with Crippen LogP contribution in [0.5, 0.6) is 5.75 Å². The van der Waals surface area contributed by atoms with Crippen molar-refractivity contribution in [3.63, 3.8) is 0 Å². The van der Waals surface area contributed by atoms with Crippen LogP contribution in [0.3, 0.4) is 0 Å². The van der Waals surface area contributed by atoms with Crippen LogP contribution in [-0.4, -0.2) is 32.4 Å². The number of ether oxygens (including phenoxy) is 2. The van der Waals surface area contributed by atoms with Gasteiger partial charge in [0.2, 0.25) is 0 Å². The Labute approximate surface area is 120 Å². The molecule has 0 unspecified atom stereocenters. The Morgan fingerprint density at radius 2 is 1.90 bits per heavy atom. The Bertz CT molecular complexity index is 468. The maximum absolute atomic E-state index is 5.92. The van der Waals surface area contributed by atoms with Crippen molar-refractivity contribution in [3.05, 3.63) is 18.2 Å². The van der Waals surface area contributed by atoms with E-state index in [2.05, 4.69) is 30.5 Å². The Kier molecular flexibility index (Phi) is 3.74. The molecule has 1 aromatic rings. The van der Waals surface area contributed by atoms with Crippen molar-refractivity contribution < 1.29 is 9.47 Å². The van der Waals surface area contributed by atoms with Gasteiger partial charge in [-0.1, -0.05) is 6.07 Å². The average Bonchev–Trinajstić information content (AvgIpc) is 2.61. The molecular formula is C16H24N2O2. The zero-order chi connectivity index (χ0) is 14.0. The summed E-state index contributed by atoms with van der Waals surface area (Å²) in [7, 11) is 0. The van der Waals surface area contributed by atoms with Crippen LogP contribution in [0.4, 0.5) is 11.4 Å². The second kappa shape index (κ2) is 5.52. The van der Waals surface area contributed by atoms with E-state index in [-0.39, 0.29) is 6.10 Å². The van der Waals surface area contributed by atoms with Crippen molar-refractivity contribution in [1.82, 2.24) is 0 Å². The quantitative estimate of drug-likeness (QED) is 0.871. The van der Waals surface area contributed by atoms with E-state index in [1.54, 1.807) is 0 Å². The van der Waals surface area contributed by atoms with Gasteiger partial charge in [-0.3, -0.25) is 0 Å². The van der Waals surface area contributed by atoms with E-state index >= 15 is 0 Å². The monoisotopic (exact) mass is 276 g/mol. The lowest BCUT2D eigenvalue weighted by Crippen LogP contribution is -2.40. The topological polar surface area (TPSA) is 42.5 Å². The lowest BCUT2D eigenvalue weighted by Gasteiger charge is -2.36. The van der Waals surface area contributed by atoms with Gasteiger partial charge in [0, 0.05) is 31.7 Å². The zero-order valence-corrected chi connectivity index (χ0v) is 12.4. The number of para-hydroxylation sites is 1. The van der Waals surface area contributed by atoms with E-state index in [9.17, 15) is 0 Å². The Morgan fingerprint density at radius 1 is 1.15 bits per heavy atom. The molecule has 2 aliphatic rings. The number of anilines is 2. The van der Waals surface area contributed by atoms with Gasteiger partial charge < -0.3 is 20.1 Å². The van der Waals surface area contributed by atoms with Gasteiger partial charge in [-0.2, -0.15) is 0 Å². The van der Waals surface area contributed by atoms with E-state index in [4.69, 9.17) is 9.47 Å². The van der Waals surface area contributed by atoms with E-state index in [0.29, 0.717) is 5.41 Å². The van der Waals surface area contributed by atoms with Gasteiger partial charge in [-0.25, -0.2) is 0 Å². The number of rotatable bonds is 2. The predicted octanol–water partition coefficient (Wildman–Crippen LogP) is 3.11. The summed E-state index contributed by atoms with van der Waals surface area (Å²) in [6, 6.07) is 6.20. The molecule has 20 heavy (non-hydrogen) atoms. The van der Waals surface area contributed by atoms with Gasteiger partial charge in [0.25, 0.3) is 0 Å². The molecule has 0 radical (unpaired) electrons. The second-order valence-electron chi connectivity index (χ2n) is 6.16. The summed E-state index contributed by atoms with van der Waals surface area (Å²) in [6.07, 6.45) is 2.41. The summed E-state index contributed by atoms with van der Waals surface area (Å²) in [6.45, 7) is 7.84. The number of benzene rings is 1. The minimum Gasteiger partial charge on any atom is -0.489 e. The first-order valence-corrected chi connectivity index (χ1v) is 7.54. The molecule has 4 nitrogen and oxygen atoms in total. The number of fused-ring (bicyclic) bond motifs is 1. The summed E-state index contributed by atoms with van der Waals surface area (Å²) in [5.41, 5.74) is 2.54. The standard InChI is InChI=1S/C16H24N2O2/c1-12(2)20-14-5-3-4-13-15(14)18-11-16(10-17-13)6-8-19-9-7-16/h3-5,12,17-18H,6-11H2,1-2H3. The lowest BCUT2D eigenvalue weighted by molar-refractivity contribution is 0.0276. The first kappa shape index (κ1) is 13.6. The molecule has 1 fully saturated rings. The summed E-state index contributed by atoms with van der Waals surface area (Å²) in [5.74, 6) is 0.939.